The van der Waals surface area contributed by atoms with Crippen LogP contribution >= 0.6 is 132 Å². The van der Waals surface area contributed by atoms with E-state index >= 15 is 0 Å². The number of nitrogens with zero attached hydrogens (tertiary/aromatic N) is 3. The fourth-order valence-electron chi connectivity index (χ4n) is 5.11. The van der Waals surface area contributed by atoms with Crippen molar-refractivity contribution in [2.75, 3.05) is 239 Å². The molecule has 71 heavy (non-hydrogen) atoms. The second kappa shape index (κ2) is 51.7. The molecule has 0 fully saturated rings. The maximum absolute atomic E-state index is 6.65. The first-order valence-corrected chi connectivity index (χ1v) is 42.0. The molecule has 0 spiro atoms. The maximum atomic E-state index is 6.65. The highest BCUT2D eigenvalue weighted by atomic mass is 33.1. The van der Waals surface area contributed by atoms with E-state index in [9.17, 15) is 0 Å². The molecule has 0 aromatic heterocycles. The minimum absolute atomic E-state index is 0.0221. The molecule has 0 amide bonds. The molecule has 0 aromatic rings. The van der Waals surface area contributed by atoms with E-state index in [1.165, 1.54) is 0 Å². The van der Waals surface area contributed by atoms with Gasteiger partial charge in [0.25, 0.3) is 0 Å². The second-order valence-corrected chi connectivity index (χ2v) is 43.5. The molecule has 1 heterocycles. The van der Waals surface area contributed by atoms with Gasteiger partial charge in [0.1, 0.15) is 10.9 Å². The van der Waals surface area contributed by atoms with Gasteiger partial charge in [-0.1, -0.05) is 68.3 Å². The number of methoxy groups -OCH3 is 9. The molecule has 0 radical (unpaired) electrons. The molecular weight excluding hydrogens is 1180 g/mol. The second-order valence-electron chi connectivity index (χ2n) is 13.9. The molecule has 0 saturated carbocycles. The molecule has 0 bridgehead atoms. The Balaban J connectivity index is 4.01. The van der Waals surface area contributed by atoms with E-state index in [4.69, 9.17) is 84.6 Å². The Morgan fingerprint density at radius 2 is 0.662 bits per heavy atom. The van der Waals surface area contributed by atoms with Gasteiger partial charge in [-0.15, -0.1) is 47.0 Å². The Morgan fingerprint density at radius 3 is 1.00 bits per heavy atom. The number of ether oxygens (including phenoxy) is 15. The highest BCUT2D eigenvalue weighted by molar-refractivity contribution is 9.00. The van der Waals surface area contributed by atoms with Crippen LogP contribution in [0.15, 0.2) is 13.5 Å². The van der Waals surface area contributed by atoms with Crippen LogP contribution in [0.2, 0.25) is 0 Å². The molecule has 18 nitrogen and oxygen atoms in total. The molecule has 0 N–H and O–H groups in total. The summed E-state index contributed by atoms with van der Waals surface area (Å²) in [6, 6.07) is 0. The Kier molecular flexibility index (Phi) is 52.9. The van der Waals surface area contributed by atoms with Crippen molar-refractivity contribution in [3.8, 4) is 0 Å². The Labute approximate surface area is 469 Å². The van der Waals surface area contributed by atoms with E-state index in [1.54, 1.807) is 111 Å². The number of hydrogen-bond donors (Lipinski definition) is 0. The summed E-state index contributed by atoms with van der Waals surface area (Å²) in [5.74, 6) is 8.65. The zero-order valence-corrected chi connectivity index (χ0v) is 54.3. The van der Waals surface area contributed by atoms with E-state index < -0.39 is 16.8 Å². The zero-order chi connectivity index (χ0) is 51.8. The van der Waals surface area contributed by atoms with Crippen LogP contribution in [-0.4, -0.2) is 256 Å². The lowest BCUT2D eigenvalue weighted by Gasteiger charge is -2.35. The minimum Gasteiger partial charge on any atom is -0.384 e. The molecule has 31 heteroatoms. The van der Waals surface area contributed by atoms with Gasteiger partial charge in [-0.25, -0.2) is 13.5 Å². The molecule has 1 aliphatic rings. The minimum atomic E-state index is -2.67. The molecule has 2 unspecified atom stereocenters. The lowest BCUT2D eigenvalue weighted by Crippen LogP contribution is -2.25. The number of hydrogen-bond acceptors (Lipinski definition) is 28. The van der Waals surface area contributed by atoms with Crippen molar-refractivity contribution in [2.24, 2.45) is 13.5 Å². The Morgan fingerprint density at radius 1 is 0.324 bits per heavy atom. The molecular formula is C40H86N3O15P3S10. The average Bonchev–Trinajstić information content (AvgIpc) is 3.36. The fraction of sp³-hybridized carbons (Fsp3) is 1.00. The van der Waals surface area contributed by atoms with Crippen LogP contribution in [0.4, 0.5) is 0 Å². The highest BCUT2D eigenvalue weighted by Gasteiger charge is 2.39. The molecule has 426 valence electrons. The van der Waals surface area contributed by atoms with E-state index in [2.05, 4.69) is 0 Å². The van der Waals surface area contributed by atoms with E-state index in [1.807, 2.05) is 68.3 Å². The third-order valence-corrected chi connectivity index (χ3v) is 45.1. The summed E-state index contributed by atoms with van der Waals surface area (Å²) in [5.41, 5.74) is -7.93. The van der Waals surface area contributed by atoms with Crippen LogP contribution in [0.5, 0.6) is 0 Å². The SMILES string of the molecule is COCCOCCSP1(SCCOCCOC)=NP(SCCOCCOC)(SCCOC(SCCOC)SCCOC)=NP(SCCOC(COC)COC)(SCCOC(CSCOC)CSCOC)=N1. The first-order chi connectivity index (χ1) is 34.8. The summed E-state index contributed by atoms with van der Waals surface area (Å²) >= 11 is 17.9. The first kappa shape index (κ1) is 72.6. The van der Waals surface area contributed by atoms with Crippen LogP contribution in [0.3, 0.4) is 0 Å². The normalized spacial score (nSPS) is 17.9. The number of rotatable bonds is 56. The van der Waals surface area contributed by atoms with Gasteiger partial charge in [0.15, 0.2) is 16.8 Å². The Hall–Kier alpha value is 3.59. The molecule has 1 rings (SSSR count). The summed E-state index contributed by atoms with van der Waals surface area (Å²) in [4.78, 5) is 0. The molecule has 0 saturated heterocycles. The van der Waals surface area contributed by atoms with E-state index in [0.717, 1.165) is 23.0 Å². The summed E-state index contributed by atoms with van der Waals surface area (Å²) in [6.45, 7) is 8.40. The van der Waals surface area contributed by atoms with E-state index in [-0.39, 0.29) is 17.0 Å². The maximum Gasteiger partial charge on any atom is 0.190 e. The van der Waals surface area contributed by atoms with E-state index in [0.29, 0.717) is 152 Å². The molecule has 2 atom stereocenters. The van der Waals surface area contributed by atoms with Crippen LogP contribution < -0.4 is 0 Å². The monoisotopic (exact) mass is 1260 g/mol. The van der Waals surface area contributed by atoms with Gasteiger partial charge in [-0.2, -0.15) is 0 Å². The average molecular weight is 1260 g/mol. The lowest BCUT2D eigenvalue weighted by atomic mass is 10.4. The Bertz CT molecular complexity index is 1350. The van der Waals surface area contributed by atoms with Gasteiger partial charge in [0.2, 0.25) is 0 Å². The fourth-order valence-corrected chi connectivity index (χ4v) is 53.4. The van der Waals surface area contributed by atoms with Crippen LogP contribution in [-0.2, 0) is 71.1 Å². The topological polar surface area (TPSA) is 176 Å². The summed E-state index contributed by atoms with van der Waals surface area (Å²) < 4.78 is 104. The molecule has 0 aromatic carbocycles. The summed E-state index contributed by atoms with van der Waals surface area (Å²) in [6.07, 6.45) is -0.178. The third kappa shape index (κ3) is 38.8. The number of thioether (sulfide) groups is 4. The van der Waals surface area contributed by atoms with Crippen LogP contribution in [0.25, 0.3) is 0 Å². The standard InChI is InChI=1S/C40H86N3O15P3S10/c1-44-10-13-53-18-26-66-59(67-27-19-54-14-11-45-2)41-60(68-28-20-55-15-12-46-3,71-31-23-58-40(64-24-16-47-4)65-25-17-48-5)43-61(42-59,69-29-21-56-38(32-49-6)33-50-7)70-30-22-57-39(34-62-36-51-8)35-63-37-52-9/h38-40H,10-37H2,1-9H3. The third-order valence-electron chi connectivity index (χ3n) is 8.22. The van der Waals surface area contributed by atoms with Crippen molar-refractivity contribution >= 4 is 132 Å². The largest absolute Gasteiger partial charge is 0.384 e. The predicted octanol–water partition coefficient (Wildman–Crippen LogP) is 11.0. The van der Waals surface area contributed by atoms with Crippen LogP contribution in [0, 0.1) is 0 Å². The van der Waals surface area contributed by atoms with Gasteiger partial charge in [-0.05, 0) is 0 Å². The first-order valence-electron chi connectivity index (χ1n) is 22.9. The highest BCUT2D eigenvalue weighted by Crippen LogP contribution is 2.96. The smallest absolute Gasteiger partial charge is 0.190 e. The zero-order valence-electron chi connectivity index (χ0n) is 43.4. The van der Waals surface area contributed by atoms with Gasteiger partial charge >= 0.3 is 0 Å². The van der Waals surface area contributed by atoms with Crippen molar-refractivity contribution in [2.45, 2.75) is 17.0 Å². The van der Waals surface area contributed by atoms with Crippen LogP contribution in [0.1, 0.15) is 0 Å². The quantitative estimate of drug-likeness (QED) is 0.0319. The summed E-state index contributed by atoms with van der Waals surface area (Å²) in [5, 5.41) is 0. The summed E-state index contributed by atoms with van der Waals surface area (Å²) in [7, 11) is 15.3. The van der Waals surface area contributed by atoms with Crippen molar-refractivity contribution in [1.29, 1.82) is 0 Å². The van der Waals surface area contributed by atoms with Gasteiger partial charge in [0, 0.05) is 122 Å². The van der Waals surface area contributed by atoms with Crippen molar-refractivity contribution in [1.82, 2.24) is 0 Å². The lowest BCUT2D eigenvalue weighted by molar-refractivity contribution is -0.0355. The predicted molar refractivity (Wildman–Crippen MR) is 321 cm³/mol. The van der Waals surface area contributed by atoms with Crippen molar-refractivity contribution < 1.29 is 71.1 Å². The van der Waals surface area contributed by atoms with Crippen molar-refractivity contribution in [3.05, 3.63) is 0 Å². The van der Waals surface area contributed by atoms with Crippen molar-refractivity contribution in [3.63, 3.8) is 0 Å². The van der Waals surface area contributed by atoms with Gasteiger partial charge in [0.05, 0.1) is 124 Å². The van der Waals surface area contributed by atoms with Gasteiger partial charge < -0.3 is 71.1 Å². The molecule has 0 aliphatic carbocycles. The van der Waals surface area contributed by atoms with Gasteiger partial charge in [-0.3, -0.25) is 0 Å². The molecule has 1 aliphatic heterocycles.